The summed E-state index contributed by atoms with van der Waals surface area (Å²) in [7, 11) is 0. The lowest BCUT2D eigenvalue weighted by atomic mass is 10.1. The van der Waals surface area contributed by atoms with Gasteiger partial charge >= 0.3 is 5.97 Å². The summed E-state index contributed by atoms with van der Waals surface area (Å²) in [6.45, 7) is 3.55. The molecule has 0 spiro atoms. The molecule has 1 atom stereocenters. The lowest BCUT2D eigenvalue weighted by Crippen LogP contribution is -2.43. The third-order valence-corrected chi connectivity index (χ3v) is 1.76. The molecule has 0 saturated heterocycles. The normalized spacial score (nSPS) is 12.6. The topological polar surface area (TPSA) is 92.4 Å². The van der Waals surface area contributed by atoms with E-state index in [4.69, 9.17) is 10.8 Å². The van der Waals surface area contributed by atoms with Crippen LogP contribution in [0, 0.1) is 5.92 Å². The Bertz CT molecular complexity index is 204. The summed E-state index contributed by atoms with van der Waals surface area (Å²) in [5.41, 5.74) is 5.57. The van der Waals surface area contributed by atoms with Crippen molar-refractivity contribution in [1.82, 2.24) is 5.32 Å². The van der Waals surface area contributed by atoms with Crippen molar-refractivity contribution < 1.29 is 14.7 Å². The minimum atomic E-state index is -0.840. The summed E-state index contributed by atoms with van der Waals surface area (Å²) in [4.78, 5) is 21.3. The van der Waals surface area contributed by atoms with Crippen LogP contribution in [0.4, 0.5) is 0 Å². The van der Waals surface area contributed by atoms with E-state index in [-0.39, 0.29) is 18.2 Å². The third kappa shape index (κ3) is 6.42. The van der Waals surface area contributed by atoms with Gasteiger partial charge in [0.2, 0.25) is 5.91 Å². The molecule has 0 fully saturated rings. The van der Waals surface area contributed by atoms with Crippen LogP contribution in [0.3, 0.4) is 0 Å². The summed E-state index contributed by atoms with van der Waals surface area (Å²) >= 11 is 0. The predicted octanol–water partition coefficient (Wildman–Crippen LogP) is 0.298. The molecule has 0 rings (SSSR count). The molecule has 5 heteroatoms. The molecule has 0 aromatic carbocycles. The van der Waals surface area contributed by atoms with Gasteiger partial charge in [0, 0.05) is 12.3 Å². The van der Waals surface area contributed by atoms with Crippen LogP contribution in [0.25, 0.3) is 0 Å². The van der Waals surface area contributed by atoms with Gasteiger partial charge in [-0.3, -0.25) is 9.59 Å². The standard InChI is InChI=1S/C9H18N2O3/c1-6(2)9(14)11-7(10)4-3-5-8(12)13/h6-7H,3-5,10H2,1-2H3,(H,11,14)(H,12,13). The Morgan fingerprint density at radius 3 is 2.43 bits per heavy atom. The van der Waals surface area contributed by atoms with Gasteiger partial charge in [0.05, 0.1) is 6.17 Å². The van der Waals surface area contributed by atoms with Crippen LogP contribution in [0.2, 0.25) is 0 Å². The van der Waals surface area contributed by atoms with E-state index < -0.39 is 12.1 Å². The Hall–Kier alpha value is -1.10. The van der Waals surface area contributed by atoms with E-state index in [2.05, 4.69) is 5.32 Å². The SMILES string of the molecule is CC(C)C(=O)NC(N)CCCC(=O)O. The first-order valence-corrected chi connectivity index (χ1v) is 4.71. The first kappa shape index (κ1) is 12.9. The van der Waals surface area contributed by atoms with Gasteiger partial charge in [-0.15, -0.1) is 0 Å². The first-order chi connectivity index (χ1) is 6.43. The summed E-state index contributed by atoms with van der Waals surface area (Å²) < 4.78 is 0. The lowest BCUT2D eigenvalue weighted by molar-refractivity contribution is -0.137. The van der Waals surface area contributed by atoms with Crippen LogP contribution in [0.5, 0.6) is 0 Å². The van der Waals surface area contributed by atoms with Gasteiger partial charge in [-0.2, -0.15) is 0 Å². The highest BCUT2D eigenvalue weighted by atomic mass is 16.4. The molecule has 4 N–H and O–H groups in total. The lowest BCUT2D eigenvalue weighted by Gasteiger charge is -2.14. The molecule has 14 heavy (non-hydrogen) atoms. The van der Waals surface area contributed by atoms with Crippen molar-refractivity contribution in [2.24, 2.45) is 11.7 Å². The number of carboxylic acid groups (broad SMARTS) is 1. The van der Waals surface area contributed by atoms with Crippen LogP contribution in [-0.2, 0) is 9.59 Å². The van der Waals surface area contributed by atoms with Gasteiger partial charge in [-0.25, -0.2) is 0 Å². The van der Waals surface area contributed by atoms with Crippen LogP contribution in [-0.4, -0.2) is 23.1 Å². The van der Waals surface area contributed by atoms with Crippen molar-refractivity contribution in [3.63, 3.8) is 0 Å². The summed E-state index contributed by atoms with van der Waals surface area (Å²) in [5, 5.41) is 11.0. The largest absolute Gasteiger partial charge is 0.481 e. The fraction of sp³-hybridized carbons (Fsp3) is 0.778. The average Bonchev–Trinajstić information content (AvgIpc) is 2.02. The molecule has 1 unspecified atom stereocenters. The molecule has 0 saturated carbocycles. The molecule has 1 amide bonds. The summed E-state index contributed by atoms with van der Waals surface area (Å²) in [6.07, 6.45) is 0.620. The summed E-state index contributed by atoms with van der Waals surface area (Å²) in [6, 6.07) is 0. The van der Waals surface area contributed by atoms with Crippen molar-refractivity contribution in [2.45, 2.75) is 39.3 Å². The Morgan fingerprint density at radius 1 is 1.43 bits per heavy atom. The zero-order chi connectivity index (χ0) is 11.1. The van der Waals surface area contributed by atoms with Crippen molar-refractivity contribution >= 4 is 11.9 Å². The van der Waals surface area contributed by atoms with Crippen molar-refractivity contribution in [1.29, 1.82) is 0 Å². The minimum Gasteiger partial charge on any atom is -0.481 e. The molecule has 0 aromatic rings. The van der Waals surface area contributed by atoms with Gasteiger partial charge in [0.25, 0.3) is 0 Å². The van der Waals surface area contributed by atoms with Crippen LogP contribution < -0.4 is 11.1 Å². The zero-order valence-corrected chi connectivity index (χ0v) is 8.62. The molecule has 82 valence electrons. The molecular formula is C9H18N2O3. The number of hydrogen-bond acceptors (Lipinski definition) is 3. The zero-order valence-electron chi connectivity index (χ0n) is 8.62. The Kier molecular flexibility index (Phi) is 5.87. The maximum absolute atomic E-state index is 11.1. The van der Waals surface area contributed by atoms with Gasteiger partial charge < -0.3 is 16.2 Å². The summed E-state index contributed by atoms with van der Waals surface area (Å²) in [5.74, 6) is -1.04. The van der Waals surface area contributed by atoms with Gasteiger partial charge in [-0.05, 0) is 12.8 Å². The average molecular weight is 202 g/mol. The van der Waals surface area contributed by atoms with E-state index in [1.165, 1.54) is 0 Å². The Balaban J connectivity index is 3.60. The van der Waals surface area contributed by atoms with Gasteiger partial charge in [-0.1, -0.05) is 13.8 Å². The molecular weight excluding hydrogens is 184 g/mol. The number of aliphatic carboxylic acids is 1. The number of carbonyl (C=O) groups is 2. The number of nitrogens with one attached hydrogen (secondary N) is 1. The number of rotatable bonds is 6. The quantitative estimate of drug-likeness (QED) is 0.540. The van der Waals surface area contributed by atoms with E-state index >= 15 is 0 Å². The Morgan fingerprint density at radius 2 is 2.00 bits per heavy atom. The fourth-order valence-corrected chi connectivity index (χ4v) is 0.895. The van der Waals surface area contributed by atoms with Gasteiger partial charge in [0.1, 0.15) is 0 Å². The number of carboxylic acids is 1. The highest BCUT2D eigenvalue weighted by molar-refractivity contribution is 5.78. The maximum atomic E-state index is 11.1. The number of amides is 1. The monoisotopic (exact) mass is 202 g/mol. The second kappa shape index (κ2) is 6.37. The molecule has 0 aliphatic carbocycles. The van der Waals surface area contributed by atoms with Crippen molar-refractivity contribution in [3.8, 4) is 0 Å². The predicted molar refractivity (Wildman–Crippen MR) is 52.4 cm³/mol. The van der Waals surface area contributed by atoms with Crippen molar-refractivity contribution in [2.75, 3.05) is 0 Å². The molecule has 0 aliphatic rings. The van der Waals surface area contributed by atoms with E-state index in [0.717, 1.165) is 0 Å². The minimum absolute atomic E-state index is 0.0885. The van der Waals surface area contributed by atoms with E-state index in [0.29, 0.717) is 12.8 Å². The smallest absolute Gasteiger partial charge is 0.303 e. The molecule has 0 bridgehead atoms. The van der Waals surface area contributed by atoms with Gasteiger partial charge in [0.15, 0.2) is 0 Å². The van der Waals surface area contributed by atoms with E-state index in [1.807, 2.05) is 0 Å². The number of carbonyl (C=O) groups excluding carboxylic acids is 1. The molecule has 0 heterocycles. The molecule has 0 aliphatic heterocycles. The molecule has 0 aromatic heterocycles. The highest BCUT2D eigenvalue weighted by Crippen LogP contribution is 1.98. The highest BCUT2D eigenvalue weighted by Gasteiger charge is 2.10. The van der Waals surface area contributed by atoms with E-state index in [9.17, 15) is 9.59 Å². The fourth-order valence-electron chi connectivity index (χ4n) is 0.895. The van der Waals surface area contributed by atoms with Crippen LogP contribution in [0.15, 0.2) is 0 Å². The van der Waals surface area contributed by atoms with E-state index in [1.54, 1.807) is 13.8 Å². The number of nitrogens with two attached hydrogens (primary N) is 1. The van der Waals surface area contributed by atoms with Crippen LogP contribution in [0.1, 0.15) is 33.1 Å². The maximum Gasteiger partial charge on any atom is 0.303 e. The molecule has 5 nitrogen and oxygen atoms in total. The molecule has 0 radical (unpaired) electrons. The first-order valence-electron chi connectivity index (χ1n) is 4.71. The number of hydrogen-bond donors (Lipinski definition) is 3. The van der Waals surface area contributed by atoms with Crippen LogP contribution >= 0.6 is 0 Å². The van der Waals surface area contributed by atoms with Crippen molar-refractivity contribution in [3.05, 3.63) is 0 Å². The second-order valence-electron chi connectivity index (χ2n) is 3.56. The Labute approximate surface area is 83.7 Å². The third-order valence-electron chi connectivity index (χ3n) is 1.76. The second-order valence-corrected chi connectivity index (χ2v) is 3.56.